The van der Waals surface area contributed by atoms with Crippen molar-refractivity contribution >= 4 is 23.8 Å². The van der Waals surface area contributed by atoms with E-state index in [1.807, 2.05) is 6.92 Å². The largest absolute Gasteiger partial charge is 0.454 e. The highest BCUT2D eigenvalue weighted by Gasteiger charge is 2.55. The highest BCUT2D eigenvalue weighted by Crippen LogP contribution is 2.38. The third-order valence-corrected chi connectivity index (χ3v) is 5.83. The molecule has 0 radical (unpaired) electrons. The minimum Gasteiger partial charge on any atom is -0.454 e. The summed E-state index contributed by atoms with van der Waals surface area (Å²) in [5.41, 5.74) is -0.473. The lowest BCUT2D eigenvalue weighted by Crippen LogP contribution is -2.54. The first-order chi connectivity index (χ1) is 14.3. The van der Waals surface area contributed by atoms with Gasteiger partial charge < -0.3 is 15.4 Å². The summed E-state index contributed by atoms with van der Waals surface area (Å²) in [4.78, 5) is 49.8. The second-order valence-electron chi connectivity index (χ2n) is 7.79. The molecule has 8 nitrogen and oxygen atoms in total. The number of ether oxygens (including phenoxy) is 1. The Bertz CT molecular complexity index is 846. The fourth-order valence-corrected chi connectivity index (χ4v) is 4.05. The van der Waals surface area contributed by atoms with Crippen molar-refractivity contribution in [2.75, 3.05) is 19.7 Å². The Balaban J connectivity index is 1.43. The first-order valence-electron chi connectivity index (χ1n) is 10.1. The number of hydrogen-bond acceptors (Lipinski definition) is 5. The van der Waals surface area contributed by atoms with Gasteiger partial charge in [0.2, 0.25) is 0 Å². The SMILES string of the molecule is C[C@H]1CCCC[C@]12NC(=O)N(CC(=O)OCC(=O)NCCc1ccccc1F)C2=O. The molecule has 1 saturated carbocycles. The molecule has 1 aromatic rings. The molecule has 2 aliphatic rings. The molecule has 9 heteroatoms. The number of nitrogens with zero attached hydrogens (tertiary/aromatic N) is 1. The van der Waals surface area contributed by atoms with Gasteiger partial charge in [0.05, 0.1) is 0 Å². The average molecular weight is 419 g/mol. The second kappa shape index (κ2) is 9.23. The van der Waals surface area contributed by atoms with Crippen LogP contribution in [0.1, 0.15) is 38.2 Å². The molecule has 0 unspecified atom stereocenters. The zero-order chi connectivity index (χ0) is 21.7. The lowest BCUT2D eigenvalue weighted by Gasteiger charge is -2.36. The van der Waals surface area contributed by atoms with Gasteiger partial charge in [-0.15, -0.1) is 0 Å². The maximum atomic E-state index is 13.5. The highest BCUT2D eigenvalue weighted by molar-refractivity contribution is 6.09. The van der Waals surface area contributed by atoms with E-state index in [9.17, 15) is 23.6 Å². The lowest BCUT2D eigenvalue weighted by atomic mass is 9.73. The number of esters is 1. The minimum absolute atomic E-state index is 0.0102. The average Bonchev–Trinajstić information content (AvgIpc) is 2.95. The van der Waals surface area contributed by atoms with Crippen LogP contribution in [0, 0.1) is 11.7 Å². The van der Waals surface area contributed by atoms with Gasteiger partial charge in [0.15, 0.2) is 6.61 Å². The molecule has 1 spiro atoms. The van der Waals surface area contributed by atoms with E-state index in [2.05, 4.69) is 10.6 Å². The van der Waals surface area contributed by atoms with Gasteiger partial charge in [0, 0.05) is 6.54 Å². The summed E-state index contributed by atoms with van der Waals surface area (Å²) in [5.74, 6) is -2.16. The lowest BCUT2D eigenvalue weighted by molar-refractivity contribution is -0.151. The molecule has 1 aromatic carbocycles. The van der Waals surface area contributed by atoms with Gasteiger partial charge in [-0.3, -0.25) is 19.3 Å². The normalized spacial score (nSPS) is 23.4. The van der Waals surface area contributed by atoms with Crippen molar-refractivity contribution in [2.45, 2.75) is 44.6 Å². The van der Waals surface area contributed by atoms with Gasteiger partial charge in [0.1, 0.15) is 17.9 Å². The molecule has 2 N–H and O–H groups in total. The number of halogens is 1. The molecule has 2 atom stereocenters. The van der Waals surface area contributed by atoms with Crippen molar-refractivity contribution < 1.29 is 28.3 Å². The molecular weight excluding hydrogens is 393 g/mol. The Kier molecular flexibility index (Phi) is 6.69. The van der Waals surface area contributed by atoms with Gasteiger partial charge in [-0.1, -0.05) is 38.0 Å². The van der Waals surface area contributed by atoms with E-state index >= 15 is 0 Å². The number of hydrogen-bond donors (Lipinski definition) is 2. The minimum atomic E-state index is -0.945. The topological polar surface area (TPSA) is 105 Å². The van der Waals surface area contributed by atoms with Gasteiger partial charge in [-0.2, -0.15) is 0 Å². The molecule has 1 saturated heterocycles. The first-order valence-corrected chi connectivity index (χ1v) is 10.1. The van der Waals surface area contributed by atoms with E-state index in [-0.39, 0.29) is 18.3 Å². The molecule has 1 aliphatic heterocycles. The number of imide groups is 1. The van der Waals surface area contributed by atoms with Gasteiger partial charge in [-0.05, 0) is 36.8 Å². The number of benzene rings is 1. The molecule has 0 aromatic heterocycles. The summed E-state index contributed by atoms with van der Waals surface area (Å²) in [6.45, 7) is 1.03. The number of nitrogens with one attached hydrogen (secondary N) is 2. The summed E-state index contributed by atoms with van der Waals surface area (Å²) in [6.07, 6.45) is 3.52. The van der Waals surface area contributed by atoms with E-state index < -0.39 is 42.5 Å². The third kappa shape index (κ3) is 4.60. The Hall–Kier alpha value is -2.97. The molecule has 3 rings (SSSR count). The molecular formula is C21H26FN3O5. The van der Waals surface area contributed by atoms with E-state index in [0.717, 1.165) is 24.2 Å². The van der Waals surface area contributed by atoms with Crippen LogP contribution in [-0.2, 0) is 25.5 Å². The van der Waals surface area contributed by atoms with E-state index in [1.54, 1.807) is 18.2 Å². The van der Waals surface area contributed by atoms with Crippen molar-refractivity contribution in [3.8, 4) is 0 Å². The first kappa shape index (κ1) is 21.7. The summed E-state index contributed by atoms with van der Waals surface area (Å²) in [6, 6.07) is 5.64. The Morgan fingerprint density at radius 2 is 2.07 bits per heavy atom. The van der Waals surface area contributed by atoms with Crippen LogP contribution in [0.15, 0.2) is 24.3 Å². The molecule has 30 heavy (non-hydrogen) atoms. The fourth-order valence-electron chi connectivity index (χ4n) is 4.05. The van der Waals surface area contributed by atoms with Crippen LogP contribution < -0.4 is 10.6 Å². The molecule has 0 bridgehead atoms. The number of rotatable bonds is 7. The maximum Gasteiger partial charge on any atom is 0.326 e. The van der Waals surface area contributed by atoms with Gasteiger partial charge in [0.25, 0.3) is 11.8 Å². The van der Waals surface area contributed by atoms with Crippen LogP contribution in [0.4, 0.5) is 9.18 Å². The highest BCUT2D eigenvalue weighted by atomic mass is 19.1. The standard InChI is InChI=1S/C21H26FN3O5/c1-14-6-4-5-10-21(14)19(28)25(20(29)24-21)12-18(27)30-13-17(26)23-11-9-15-7-2-3-8-16(15)22/h2-3,7-8,14H,4-6,9-13H2,1H3,(H,23,26)(H,24,29)/t14-,21-/m0/s1. The predicted octanol–water partition coefficient (Wildman–Crippen LogP) is 1.53. The summed E-state index contributed by atoms with van der Waals surface area (Å²) < 4.78 is 18.4. The summed E-state index contributed by atoms with van der Waals surface area (Å²) in [5, 5.41) is 5.29. The molecule has 162 valence electrons. The van der Waals surface area contributed by atoms with Crippen molar-refractivity contribution in [1.82, 2.24) is 15.5 Å². The van der Waals surface area contributed by atoms with E-state index in [0.29, 0.717) is 18.4 Å². The van der Waals surface area contributed by atoms with E-state index in [4.69, 9.17) is 4.74 Å². The number of carbonyl (C=O) groups excluding carboxylic acids is 4. The molecule has 4 amide bonds. The quantitative estimate of drug-likeness (QED) is 0.515. The van der Waals surface area contributed by atoms with E-state index in [1.165, 1.54) is 6.07 Å². The Morgan fingerprint density at radius 3 is 2.80 bits per heavy atom. The van der Waals surface area contributed by atoms with Crippen LogP contribution in [0.5, 0.6) is 0 Å². The smallest absolute Gasteiger partial charge is 0.326 e. The third-order valence-electron chi connectivity index (χ3n) is 5.83. The van der Waals surface area contributed by atoms with Crippen molar-refractivity contribution in [3.05, 3.63) is 35.6 Å². The van der Waals surface area contributed by atoms with Gasteiger partial charge in [-0.25, -0.2) is 9.18 Å². The van der Waals surface area contributed by atoms with Crippen LogP contribution >= 0.6 is 0 Å². The number of amides is 4. The van der Waals surface area contributed by atoms with Crippen molar-refractivity contribution in [1.29, 1.82) is 0 Å². The zero-order valence-electron chi connectivity index (χ0n) is 16.9. The maximum absolute atomic E-state index is 13.5. The number of carbonyl (C=O) groups is 4. The molecule has 2 fully saturated rings. The molecule has 1 heterocycles. The monoisotopic (exact) mass is 419 g/mol. The number of urea groups is 1. The Morgan fingerprint density at radius 1 is 1.30 bits per heavy atom. The fraction of sp³-hybridized carbons (Fsp3) is 0.524. The zero-order valence-corrected chi connectivity index (χ0v) is 16.9. The predicted molar refractivity (Wildman–Crippen MR) is 105 cm³/mol. The van der Waals surface area contributed by atoms with Gasteiger partial charge >= 0.3 is 12.0 Å². The van der Waals surface area contributed by atoms with Crippen LogP contribution in [-0.4, -0.2) is 54.0 Å². The summed E-state index contributed by atoms with van der Waals surface area (Å²) >= 11 is 0. The van der Waals surface area contributed by atoms with Crippen molar-refractivity contribution in [2.24, 2.45) is 5.92 Å². The van der Waals surface area contributed by atoms with Crippen LogP contribution in [0.25, 0.3) is 0 Å². The van der Waals surface area contributed by atoms with Crippen LogP contribution in [0.3, 0.4) is 0 Å². The van der Waals surface area contributed by atoms with Crippen molar-refractivity contribution in [3.63, 3.8) is 0 Å². The Labute approximate surface area is 174 Å². The molecule has 1 aliphatic carbocycles. The second-order valence-corrected chi connectivity index (χ2v) is 7.79. The van der Waals surface area contributed by atoms with Crippen LogP contribution in [0.2, 0.25) is 0 Å². The summed E-state index contributed by atoms with van der Waals surface area (Å²) in [7, 11) is 0.